The Morgan fingerprint density at radius 2 is 1.71 bits per heavy atom. The van der Waals surface area contributed by atoms with E-state index in [1.54, 1.807) is 24.3 Å². The molecule has 0 unspecified atom stereocenters. The normalized spacial score (nSPS) is 10.3. The van der Waals surface area contributed by atoms with Crippen molar-refractivity contribution in [1.82, 2.24) is 0 Å². The van der Waals surface area contributed by atoms with Crippen molar-refractivity contribution < 1.29 is 9.53 Å². The molecule has 2 rings (SSSR count). The molecule has 2 aromatic carbocycles. The zero-order valence-electron chi connectivity index (χ0n) is 11.3. The van der Waals surface area contributed by atoms with Crippen LogP contribution in [0.2, 0.25) is 15.1 Å². The summed E-state index contributed by atoms with van der Waals surface area (Å²) in [6.07, 6.45) is -0.635. The summed E-state index contributed by atoms with van der Waals surface area (Å²) < 4.78 is 5.27. The van der Waals surface area contributed by atoms with Crippen LogP contribution < -0.4 is 10.1 Å². The van der Waals surface area contributed by atoms with Gasteiger partial charge in [0.05, 0.1) is 10.7 Å². The zero-order valence-corrected chi connectivity index (χ0v) is 13.6. The molecule has 0 atom stereocenters. The average Bonchev–Trinajstić information content (AvgIpc) is 2.39. The quantitative estimate of drug-likeness (QED) is 0.739. The highest BCUT2D eigenvalue weighted by Gasteiger charge is 2.11. The van der Waals surface area contributed by atoms with E-state index in [1.165, 1.54) is 6.07 Å². The minimum atomic E-state index is -0.635. The van der Waals surface area contributed by atoms with Crippen LogP contribution in [0.3, 0.4) is 0 Å². The molecule has 0 spiro atoms. The van der Waals surface area contributed by atoms with Gasteiger partial charge in [0, 0.05) is 10.0 Å². The summed E-state index contributed by atoms with van der Waals surface area (Å²) >= 11 is 17.8. The van der Waals surface area contributed by atoms with Gasteiger partial charge < -0.3 is 4.74 Å². The van der Waals surface area contributed by atoms with Gasteiger partial charge in [-0.3, -0.25) is 5.32 Å². The van der Waals surface area contributed by atoms with E-state index in [0.29, 0.717) is 26.5 Å². The lowest BCUT2D eigenvalue weighted by molar-refractivity contribution is 0.215. The van der Waals surface area contributed by atoms with E-state index in [-0.39, 0.29) is 0 Å². The monoisotopic (exact) mass is 343 g/mol. The fraction of sp³-hybridized carbons (Fsp3) is 0.133. The van der Waals surface area contributed by atoms with Crippen LogP contribution in [0, 0.1) is 13.8 Å². The highest BCUT2D eigenvalue weighted by molar-refractivity contribution is 6.36. The van der Waals surface area contributed by atoms with Crippen LogP contribution in [0.1, 0.15) is 11.1 Å². The number of nitrogens with one attached hydrogen (secondary N) is 1. The fourth-order valence-electron chi connectivity index (χ4n) is 1.69. The summed E-state index contributed by atoms with van der Waals surface area (Å²) in [5.41, 5.74) is 2.02. The average molecular weight is 345 g/mol. The van der Waals surface area contributed by atoms with Crippen molar-refractivity contribution >= 4 is 46.6 Å². The number of carbonyl (C=O) groups is 1. The standard InChI is InChI=1S/C15H12Cl3NO2/c1-8-6-14(9(2)5-11(8)17)21-15(20)19-13-4-3-10(16)7-12(13)18/h3-7H,1-2H3,(H,19,20). The molecule has 110 valence electrons. The molecule has 0 aliphatic rings. The first kappa shape index (κ1) is 16.0. The Bertz CT molecular complexity index is 702. The number of anilines is 1. The highest BCUT2D eigenvalue weighted by atomic mass is 35.5. The predicted molar refractivity (Wildman–Crippen MR) is 87.0 cm³/mol. The van der Waals surface area contributed by atoms with Crippen LogP contribution in [-0.2, 0) is 0 Å². The number of aryl methyl sites for hydroxylation is 2. The van der Waals surface area contributed by atoms with Gasteiger partial charge in [0.2, 0.25) is 0 Å². The van der Waals surface area contributed by atoms with Crippen LogP contribution in [0.5, 0.6) is 5.75 Å². The van der Waals surface area contributed by atoms with Crippen molar-refractivity contribution in [1.29, 1.82) is 0 Å². The van der Waals surface area contributed by atoms with E-state index in [1.807, 2.05) is 13.8 Å². The van der Waals surface area contributed by atoms with Crippen LogP contribution in [0.25, 0.3) is 0 Å². The van der Waals surface area contributed by atoms with Gasteiger partial charge in [-0.1, -0.05) is 34.8 Å². The van der Waals surface area contributed by atoms with E-state index in [0.717, 1.165) is 11.1 Å². The van der Waals surface area contributed by atoms with Gasteiger partial charge in [0.25, 0.3) is 0 Å². The van der Waals surface area contributed by atoms with Crippen molar-refractivity contribution in [2.45, 2.75) is 13.8 Å². The van der Waals surface area contributed by atoms with Gasteiger partial charge in [-0.25, -0.2) is 4.79 Å². The maximum atomic E-state index is 11.9. The van der Waals surface area contributed by atoms with E-state index in [4.69, 9.17) is 39.5 Å². The highest BCUT2D eigenvalue weighted by Crippen LogP contribution is 2.28. The van der Waals surface area contributed by atoms with Gasteiger partial charge in [-0.05, 0) is 55.3 Å². The van der Waals surface area contributed by atoms with E-state index in [2.05, 4.69) is 5.32 Å². The lowest BCUT2D eigenvalue weighted by Gasteiger charge is -2.11. The Balaban J connectivity index is 2.13. The molecule has 0 heterocycles. The molecular weight excluding hydrogens is 333 g/mol. The van der Waals surface area contributed by atoms with Crippen molar-refractivity contribution in [3.05, 3.63) is 56.5 Å². The number of hydrogen-bond donors (Lipinski definition) is 1. The second kappa shape index (κ2) is 6.56. The first-order chi connectivity index (χ1) is 9.86. The Morgan fingerprint density at radius 1 is 1.00 bits per heavy atom. The molecule has 0 bridgehead atoms. The summed E-state index contributed by atoms with van der Waals surface area (Å²) in [5.74, 6) is 0.444. The minimum Gasteiger partial charge on any atom is -0.410 e. The van der Waals surface area contributed by atoms with Crippen molar-refractivity contribution in [2.24, 2.45) is 0 Å². The number of halogens is 3. The van der Waals surface area contributed by atoms with Gasteiger partial charge >= 0.3 is 6.09 Å². The van der Waals surface area contributed by atoms with E-state index in [9.17, 15) is 4.79 Å². The molecule has 1 N–H and O–H groups in total. The fourth-order valence-corrected chi connectivity index (χ4v) is 2.36. The van der Waals surface area contributed by atoms with Gasteiger partial charge in [0.1, 0.15) is 5.75 Å². The number of carbonyl (C=O) groups excluding carboxylic acids is 1. The summed E-state index contributed by atoms with van der Waals surface area (Å²) in [4.78, 5) is 11.9. The van der Waals surface area contributed by atoms with Crippen molar-refractivity contribution in [3.8, 4) is 5.75 Å². The third-order valence-electron chi connectivity index (χ3n) is 2.83. The molecule has 1 amide bonds. The van der Waals surface area contributed by atoms with Crippen LogP contribution in [-0.4, -0.2) is 6.09 Å². The van der Waals surface area contributed by atoms with Gasteiger partial charge in [-0.15, -0.1) is 0 Å². The number of amides is 1. The topological polar surface area (TPSA) is 38.3 Å². The molecular formula is C15H12Cl3NO2. The van der Waals surface area contributed by atoms with Crippen LogP contribution in [0.15, 0.2) is 30.3 Å². The third kappa shape index (κ3) is 4.03. The summed E-state index contributed by atoms with van der Waals surface area (Å²) in [7, 11) is 0. The molecule has 0 saturated heterocycles. The second-order valence-corrected chi connectivity index (χ2v) is 5.76. The largest absolute Gasteiger partial charge is 0.417 e. The summed E-state index contributed by atoms with van der Waals surface area (Å²) in [6, 6.07) is 8.22. The predicted octanol–water partition coefficient (Wildman–Crippen LogP) is 5.87. The number of ether oxygens (including phenoxy) is 1. The Morgan fingerprint density at radius 3 is 2.38 bits per heavy atom. The van der Waals surface area contributed by atoms with Crippen molar-refractivity contribution in [3.63, 3.8) is 0 Å². The summed E-state index contributed by atoms with van der Waals surface area (Å²) in [6.45, 7) is 3.64. The third-order valence-corrected chi connectivity index (χ3v) is 3.78. The lowest BCUT2D eigenvalue weighted by atomic mass is 10.1. The maximum Gasteiger partial charge on any atom is 0.417 e. The molecule has 2 aromatic rings. The molecule has 0 aliphatic carbocycles. The number of rotatable bonds is 2. The molecule has 0 aromatic heterocycles. The summed E-state index contributed by atoms with van der Waals surface area (Å²) in [5, 5.41) is 4.01. The van der Waals surface area contributed by atoms with Crippen LogP contribution in [0.4, 0.5) is 10.5 Å². The number of hydrogen-bond acceptors (Lipinski definition) is 2. The first-order valence-corrected chi connectivity index (χ1v) is 7.21. The molecule has 0 fully saturated rings. The molecule has 0 aliphatic heterocycles. The molecule has 6 heteroatoms. The molecule has 21 heavy (non-hydrogen) atoms. The Hall–Kier alpha value is -1.42. The van der Waals surface area contributed by atoms with Gasteiger partial charge in [-0.2, -0.15) is 0 Å². The smallest absolute Gasteiger partial charge is 0.410 e. The Kier molecular flexibility index (Phi) is 4.99. The number of benzene rings is 2. The Labute approximate surface area is 137 Å². The first-order valence-electron chi connectivity index (χ1n) is 6.07. The minimum absolute atomic E-state index is 0.337. The SMILES string of the molecule is Cc1cc(OC(=O)Nc2ccc(Cl)cc2Cl)c(C)cc1Cl. The maximum absolute atomic E-state index is 11.9. The van der Waals surface area contributed by atoms with Crippen molar-refractivity contribution in [2.75, 3.05) is 5.32 Å². The zero-order chi connectivity index (χ0) is 15.6. The van der Waals surface area contributed by atoms with Gasteiger partial charge in [0.15, 0.2) is 0 Å². The molecule has 0 saturated carbocycles. The molecule has 3 nitrogen and oxygen atoms in total. The second-order valence-electron chi connectivity index (χ2n) is 4.51. The van der Waals surface area contributed by atoms with E-state index < -0.39 is 6.09 Å². The van der Waals surface area contributed by atoms with Crippen LogP contribution >= 0.6 is 34.8 Å². The molecule has 0 radical (unpaired) electrons. The van der Waals surface area contributed by atoms with E-state index >= 15 is 0 Å². The lowest BCUT2D eigenvalue weighted by Crippen LogP contribution is -2.17.